The lowest BCUT2D eigenvalue weighted by molar-refractivity contribution is 0.630. The zero-order valence-corrected chi connectivity index (χ0v) is 28.7. The molecule has 6 heteroatoms. The minimum atomic E-state index is 0.477. The first kappa shape index (κ1) is 29.2. The average molecular weight is 671 g/mol. The third-order valence-electron chi connectivity index (χ3n) is 11.0. The number of aromatic nitrogens is 5. The third kappa shape index (κ3) is 4.47. The fraction of sp³-hybridized carbons (Fsp3) is 0.109. The molecule has 0 spiro atoms. The molecular formula is C46H34N6. The van der Waals surface area contributed by atoms with Gasteiger partial charge in [0.15, 0.2) is 5.82 Å². The van der Waals surface area contributed by atoms with Crippen molar-refractivity contribution in [3.05, 3.63) is 157 Å². The van der Waals surface area contributed by atoms with Crippen LogP contribution in [0.25, 0.3) is 78.0 Å². The molecule has 6 aromatic carbocycles. The standard InChI is InChI=1S/C46H34N6/c1-29-19-20-33-28-43(33)50(29)34-24-21-31(22-25-34)44-47-45(51-39-16-8-5-13-35(39)36-14-6-9-17-40(36)51)49-46(48-44)52-41-18-10-7-15-37(41)38-27-32(23-26-42(38)52)30-11-3-2-4-12-30/h2-18,20-27,29,43H,19,28H2,1H3. The van der Waals surface area contributed by atoms with Crippen molar-refractivity contribution in [2.45, 2.75) is 31.8 Å². The summed E-state index contributed by atoms with van der Waals surface area (Å²) in [6.07, 6.45) is 4.70. The van der Waals surface area contributed by atoms with Crippen molar-refractivity contribution in [3.63, 3.8) is 0 Å². The minimum absolute atomic E-state index is 0.477. The Morgan fingerprint density at radius 2 is 1.04 bits per heavy atom. The van der Waals surface area contributed by atoms with Gasteiger partial charge in [0.25, 0.3) is 0 Å². The van der Waals surface area contributed by atoms with Crippen molar-refractivity contribution in [2.24, 2.45) is 0 Å². The van der Waals surface area contributed by atoms with E-state index >= 15 is 0 Å². The Bertz CT molecular complexity index is 2830. The average Bonchev–Trinajstić information content (AvgIpc) is 3.81. The van der Waals surface area contributed by atoms with E-state index in [9.17, 15) is 0 Å². The molecule has 0 saturated heterocycles. The molecule has 9 aromatic rings. The second-order valence-corrected chi connectivity index (χ2v) is 14.1. The largest absolute Gasteiger partial charge is 0.361 e. The van der Waals surface area contributed by atoms with Gasteiger partial charge in [-0.2, -0.15) is 15.0 Å². The lowest BCUT2D eigenvalue weighted by Crippen LogP contribution is -2.36. The molecule has 0 radical (unpaired) electrons. The topological polar surface area (TPSA) is 51.8 Å². The molecule has 1 aliphatic carbocycles. The van der Waals surface area contributed by atoms with E-state index in [1.807, 2.05) is 0 Å². The molecule has 1 saturated carbocycles. The predicted molar refractivity (Wildman–Crippen MR) is 212 cm³/mol. The first-order chi connectivity index (χ1) is 25.7. The van der Waals surface area contributed by atoms with Gasteiger partial charge in [-0.15, -0.1) is 0 Å². The molecule has 52 heavy (non-hydrogen) atoms. The molecule has 11 rings (SSSR count). The van der Waals surface area contributed by atoms with E-state index in [2.05, 4.69) is 173 Å². The van der Waals surface area contributed by atoms with Crippen molar-refractivity contribution < 1.29 is 0 Å². The smallest absolute Gasteiger partial charge is 0.240 e. The van der Waals surface area contributed by atoms with Crippen LogP contribution in [0.4, 0.5) is 5.69 Å². The van der Waals surface area contributed by atoms with Gasteiger partial charge in [0.2, 0.25) is 11.9 Å². The van der Waals surface area contributed by atoms with Crippen LogP contribution in [0.3, 0.4) is 0 Å². The van der Waals surface area contributed by atoms with Crippen LogP contribution in [-0.4, -0.2) is 36.2 Å². The monoisotopic (exact) mass is 670 g/mol. The summed E-state index contributed by atoms with van der Waals surface area (Å²) in [6.45, 7) is 2.32. The Morgan fingerprint density at radius 3 is 1.67 bits per heavy atom. The SMILES string of the molecule is CC1CC=C2CC2N1c1ccc(-c2nc(-n3c4ccccc4c4ccccc43)nc(-n3c4ccccc4c4cc(-c5ccccc5)ccc43)n2)cc1. The summed E-state index contributed by atoms with van der Waals surface area (Å²) in [7, 11) is 0. The highest BCUT2D eigenvalue weighted by atomic mass is 15.3. The number of hydrogen-bond acceptors (Lipinski definition) is 4. The van der Waals surface area contributed by atoms with Crippen LogP contribution in [0, 0.1) is 0 Å². The second kappa shape index (κ2) is 11.2. The molecule has 1 fully saturated rings. The Kier molecular flexibility index (Phi) is 6.32. The highest BCUT2D eigenvalue weighted by molar-refractivity contribution is 6.11. The number of rotatable bonds is 5. The predicted octanol–water partition coefficient (Wildman–Crippen LogP) is 10.7. The summed E-state index contributed by atoms with van der Waals surface area (Å²) in [5.41, 5.74) is 10.4. The van der Waals surface area contributed by atoms with Gasteiger partial charge in [0, 0.05) is 38.8 Å². The number of benzene rings is 6. The van der Waals surface area contributed by atoms with E-state index in [4.69, 9.17) is 15.0 Å². The summed E-state index contributed by atoms with van der Waals surface area (Å²) < 4.78 is 4.39. The van der Waals surface area contributed by atoms with Crippen LogP contribution in [-0.2, 0) is 0 Å². The zero-order valence-electron chi connectivity index (χ0n) is 28.7. The van der Waals surface area contributed by atoms with Crippen molar-refractivity contribution in [1.29, 1.82) is 0 Å². The fourth-order valence-corrected chi connectivity index (χ4v) is 8.44. The number of anilines is 1. The molecule has 4 heterocycles. The molecule has 6 nitrogen and oxygen atoms in total. The fourth-order valence-electron chi connectivity index (χ4n) is 8.44. The van der Waals surface area contributed by atoms with Gasteiger partial charge >= 0.3 is 0 Å². The lowest BCUT2D eigenvalue weighted by Gasteiger charge is -2.33. The Balaban J connectivity index is 1.15. The molecule has 0 N–H and O–H groups in total. The van der Waals surface area contributed by atoms with Crippen LogP contribution in [0.15, 0.2) is 157 Å². The van der Waals surface area contributed by atoms with Gasteiger partial charge in [0.1, 0.15) is 0 Å². The molecule has 2 unspecified atom stereocenters. The van der Waals surface area contributed by atoms with Crippen molar-refractivity contribution >= 4 is 49.3 Å². The van der Waals surface area contributed by atoms with Crippen molar-refractivity contribution in [3.8, 4) is 34.4 Å². The molecule has 2 atom stereocenters. The van der Waals surface area contributed by atoms with Gasteiger partial charge in [-0.25, -0.2) is 0 Å². The Morgan fingerprint density at radius 1 is 0.500 bits per heavy atom. The van der Waals surface area contributed by atoms with E-state index < -0.39 is 0 Å². The zero-order chi connectivity index (χ0) is 34.3. The van der Waals surface area contributed by atoms with Crippen LogP contribution in [0.5, 0.6) is 0 Å². The number of para-hydroxylation sites is 3. The molecule has 248 valence electrons. The Labute approximate surface area is 300 Å². The van der Waals surface area contributed by atoms with Crippen LogP contribution in [0.2, 0.25) is 0 Å². The molecular weight excluding hydrogens is 637 g/mol. The number of fused-ring (bicyclic) bond motifs is 7. The summed E-state index contributed by atoms with van der Waals surface area (Å²) >= 11 is 0. The first-order valence-corrected chi connectivity index (χ1v) is 18.1. The van der Waals surface area contributed by atoms with Crippen LogP contribution in [0.1, 0.15) is 19.8 Å². The normalized spacial score (nSPS) is 16.9. The summed E-state index contributed by atoms with van der Waals surface area (Å²) in [5, 5.41) is 4.65. The lowest BCUT2D eigenvalue weighted by atomic mass is 10.0. The number of nitrogens with zero attached hydrogens (tertiary/aromatic N) is 6. The molecule has 1 aliphatic heterocycles. The maximum absolute atomic E-state index is 5.33. The van der Waals surface area contributed by atoms with Crippen LogP contribution >= 0.6 is 0 Å². The van der Waals surface area contributed by atoms with E-state index in [0.717, 1.165) is 44.8 Å². The van der Waals surface area contributed by atoms with Gasteiger partial charge in [-0.05, 0) is 91.1 Å². The Hall–Kier alpha value is -6.53. The summed E-state index contributed by atoms with van der Waals surface area (Å²) in [4.78, 5) is 18.4. The third-order valence-corrected chi connectivity index (χ3v) is 11.0. The quantitative estimate of drug-likeness (QED) is 0.171. The highest BCUT2D eigenvalue weighted by Gasteiger charge is 2.40. The van der Waals surface area contributed by atoms with Gasteiger partial charge in [0.05, 0.1) is 28.1 Å². The first-order valence-electron chi connectivity index (χ1n) is 18.1. The van der Waals surface area contributed by atoms with E-state index in [1.54, 1.807) is 5.57 Å². The summed E-state index contributed by atoms with van der Waals surface area (Å²) in [5.74, 6) is 1.81. The van der Waals surface area contributed by atoms with E-state index in [-0.39, 0.29) is 0 Å². The maximum Gasteiger partial charge on any atom is 0.240 e. The molecule has 0 amide bonds. The van der Waals surface area contributed by atoms with Gasteiger partial charge in [-0.1, -0.05) is 97.1 Å². The minimum Gasteiger partial charge on any atom is -0.361 e. The maximum atomic E-state index is 5.33. The van der Waals surface area contributed by atoms with Crippen molar-refractivity contribution in [1.82, 2.24) is 24.1 Å². The summed E-state index contributed by atoms with van der Waals surface area (Å²) in [6, 6.07) is 52.7. The van der Waals surface area contributed by atoms with Gasteiger partial charge in [-0.3, -0.25) is 9.13 Å². The van der Waals surface area contributed by atoms with Crippen molar-refractivity contribution in [2.75, 3.05) is 4.90 Å². The molecule has 2 aliphatic rings. The highest BCUT2D eigenvalue weighted by Crippen LogP contribution is 2.44. The molecule has 0 bridgehead atoms. The number of hydrogen-bond donors (Lipinski definition) is 0. The van der Waals surface area contributed by atoms with Gasteiger partial charge < -0.3 is 4.90 Å². The second-order valence-electron chi connectivity index (χ2n) is 14.1. The van der Waals surface area contributed by atoms with Crippen LogP contribution < -0.4 is 4.90 Å². The van der Waals surface area contributed by atoms with E-state index in [1.165, 1.54) is 34.0 Å². The molecule has 3 aromatic heterocycles. The van der Waals surface area contributed by atoms with E-state index in [0.29, 0.717) is 29.8 Å².